The number of carbonyl (C=O) groups excluding carboxylic acids is 1. The van der Waals surface area contributed by atoms with E-state index in [9.17, 15) is 20.0 Å². The Morgan fingerprint density at radius 1 is 1.00 bits per heavy atom. The van der Waals surface area contributed by atoms with Gasteiger partial charge in [-0.25, -0.2) is 0 Å². The Kier molecular flexibility index (Phi) is 6.07. The van der Waals surface area contributed by atoms with Crippen LogP contribution in [-0.2, 0) is 11.3 Å². The lowest BCUT2D eigenvalue weighted by Gasteiger charge is -2.41. The molecule has 1 amide bonds. The van der Waals surface area contributed by atoms with E-state index < -0.39 is 18.0 Å². The standard InChI is InChI=1S/C25H24N2O5/c1-32-21-13-7-17(8-14-21)16-26-23(29)15-22(18-5-3-2-4-6-18)25(27(30)31)24(26)19-9-11-20(28)12-10-19/h2-14,22,24-25,28H,15-16H2,1H3/t22-,24+,25-/m0/s1. The fraction of sp³-hybridized carbons (Fsp3) is 0.240. The van der Waals surface area contributed by atoms with Gasteiger partial charge in [0.05, 0.1) is 13.0 Å². The average Bonchev–Trinajstić information content (AvgIpc) is 2.81. The summed E-state index contributed by atoms with van der Waals surface area (Å²) in [6.45, 7) is 0.236. The van der Waals surface area contributed by atoms with Crippen LogP contribution in [0.15, 0.2) is 78.9 Å². The first kappa shape index (κ1) is 21.4. The fourth-order valence-electron chi connectivity index (χ4n) is 4.43. The van der Waals surface area contributed by atoms with Gasteiger partial charge in [-0.1, -0.05) is 54.6 Å². The van der Waals surface area contributed by atoms with Crippen LogP contribution in [0.4, 0.5) is 0 Å². The van der Waals surface area contributed by atoms with Crippen LogP contribution in [0, 0.1) is 10.1 Å². The summed E-state index contributed by atoms with van der Waals surface area (Å²) in [6.07, 6.45) is 0.0560. The van der Waals surface area contributed by atoms with Crippen molar-refractivity contribution in [2.45, 2.75) is 31.0 Å². The van der Waals surface area contributed by atoms with Gasteiger partial charge in [-0.15, -0.1) is 0 Å². The number of amides is 1. The molecule has 1 saturated heterocycles. The number of phenolic OH excluding ortho intramolecular Hbond substituents is 1. The van der Waals surface area contributed by atoms with Crippen molar-refractivity contribution in [3.8, 4) is 11.5 Å². The highest BCUT2D eigenvalue weighted by Crippen LogP contribution is 2.43. The molecule has 0 bridgehead atoms. The highest BCUT2D eigenvalue weighted by Gasteiger charge is 2.50. The zero-order chi connectivity index (χ0) is 22.7. The summed E-state index contributed by atoms with van der Waals surface area (Å²) in [7, 11) is 1.58. The summed E-state index contributed by atoms with van der Waals surface area (Å²) in [6, 6.07) is 21.0. The highest BCUT2D eigenvalue weighted by atomic mass is 16.6. The van der Waals surface area contributed by atoms with Crippen molar-refractivity contribution in [3.05, 3.63) is 106 Å². The molecule has 1 N–H and O–H groups in total. The maximum atomic E-state index is 13.4. The smallest absolute Gasteiger partial charge is 0.244 e. The number of piperidine rings is 1. The summed E-state index contributed by atoms with van der Waals surface area (Å²) in [5.74, 6) is 0.0615. The van der Waals surface area contributed by atoms with E-state index in [0.717, 1.165) is 11.1 Å². The topological polar surface area (TPSA) is 92.9 Å². The van der Waals surface area contributed by atoms with Gasteiger partial charge in [-0.05, 0) is 41.0 Å². The number of aromatic hydroxyl groups is 1. The molecule has 7 heteroatoms. The zero-order valence-electron chi connectivity index (χ0n) is 17.6. The second kappa shape index (κ2) is 9.09. The van der Waals surface area contributed by atoms with Crippen molar-refractivity contribution < 1.29 is 19.6 Å². The molecule has 3 atom stereocenters. The summed E-state index contributed by atoms with van der Waals surface area (Å²) < 4.78 is 5.20. The number of hydrogen-bond acceptors (Lipinski definition) is 5. The number of rotatable bonds is 6. The first-order valence-corrected chi connectivity index (χ1v) is 10.4. The van der Waals surface area contributed by atoms with Gasteiger partial charge in [0.2, 0.25) is 11.9 Å². The van der Waals surface area contributed by atoms with Gasteiger partial charge in [0.1, 0.15) is 17.5 Å². The third kappa shape index (κ3) is 4.27. The number of ether oxygens (including phenoxy) is 1. The molecule has 1 heterocycles. The minimum absolute atomic E-state index is 0.0560. The van der Waals surface area contributed by atoms with E-state index in [0.29, 0.717) is 11.3 Å². The molecule has 164 valence electrons. The largest absolute Gasteiger partial charge is 0.508 e. The molecule has 0 unspecified atom stereocenters. The van der Waals surface area contributed by atoms with E-state index in [1.54, 1.807) is 36.3 Å². The van der Waals surface area contributed by atoms with Gasteiger partial charge in [0.15, 0.2) is 0 Å². The molecule has 3 aromatic rings. The summed E-state index contributed by atoms with van der Waals surface area (Å²) >= 11 is 0. The molecule has 3 aromatic carbocycles. The van der Waals surface area contributed by atoms with Crippen molar-refractivity contribution in [3.63, 3.8) is 0 Å². The van der Waals surface area contributed by atoms with Crippen LogP contribution in [0.3, 0.4) is 0 Å². The predicted octanol–water partition coefficient (Wildman–Crippen LogP) is 4.30. The van der Waals surface area contributed by atoms with E-state index in [1.807, 2.05) is 42.5 Å². The zero-order valence-corrected chi connectivity index (χ0v) is 17.6. The van der Waals surface area contributed by atoms with Crippen molar-refractivity contribution in [2.75, 3.05) is 7.11 Å². The number of nitrogens with zero attached hydrogens (tertiary/aromatic N) is 2. The number of hydrogen-bond donors (Lipinski definition) is 1. The molecule has 0 aliphatic carbocycles. The third-order valence-corrected chi connectivity index (χ3v) is 6.00. The van der Waals surface area contributed by atoms with E-state index in [4.69, 9.17) is 4.74 Å². The predicted molar refractivity (Wildman–Crippen MR) is 119 cm³/mol. The number of methoxy groups -OCH3 is 1. The lowest BCUT2D eigenvalue weighted by Crippen LogP contribution is -2.51. The van der Waals surface area contributed by atoms with Gasteiger partial charge < -0.3 is 14.7 Å². The van der Waals surface area contributed by atoms with Crippen molar-refractivity contribution >= 4 is 5.91 Å². The van der Waals surface area contributed by atoms with Crippen LogP contribution < -0.4 is 4.74 Å². The average molecular weight is 432 g/mol. The molecule has 0 radical (unpaired) electrons. The van der Waals surface area contributed by atoms with E-state index in [2.05, 4.69) is 0 Å². The Bertz CT molecular complexity index is 1080. The molecular weight excluding hydrogens is 408 g/mol. The maximum absolute atomic E-state index is 13.4. The second-order valence-corrected chi connectivity index (χ2v) is 7.90. The third-order valence-electron chi connectivity index (χ3n) is 6.00. The first-order valence-electron chi connectivity index (χ1n) is 10.4. The molecule has 1 fully saturated rings. The van der Waals surface area contributed by atoms with Crippen molar-refractivity contribution in [1.82, 2.24) is 4.90 Å². The van der Waals surface area contributed by atoms with E-state index in [-0.39, 0.29) is 29.5 Å². The molecule has 0 spiro atoms. The molecule has 0 aromatic heterocycles. The normalized spacial score (nSPS) is 20.7. The van der Waals surface area contributed by atoms with Crippen LogP contribution >= 0.6 is 0 Å². The monoisotopic (exact) mass is 432 g/mol. The Hall–Kier alpha value is -3.87. The highest BCUT2D eigenvalue weighted by molar-refractivity contribution is 5.79. The van der Waals surface area contributed by atoms with E-state index in [1.165, 1.54) is 12.1 Å². The van der Waals surface area contributed by atoms with Crippen LogP contribution in [0.25, 0.3) is 0 Å². The quantitative estimate of drug-likeness (QED) is 0.463. The van der Waals surface area contributed by atoms with Crippen molar-refractivity contribution in [2.24, 2.45) is 0 Å². The Morgan fingerprint density at radius 2 is 1.66 bits per heavy atom. The Labute approximate surface area is 186 Å². The molecule has 0 saturated carbocycles. The van der Waals surface area contributed by atoms with Gasteiger partial charge in [-0.2, -0.15) is 0 Å². The SMILES string of the molecule is COc1ccc(CN2C(=O)C[C@@H](c3ccccc3)[C@H]([N+](=O)[O-])[C@H]2c2ccc(O)cc2)cc1. The van der Waals surface area contributed by atoms with Crippen LogP contribution in [0.2, 0.25) is 0 Å². The molecule has 7 nitrogen and oxygen atoms in total. The van der Waals surface area contributed by atoms with Crippen LogP contribution in [-0.4, -0.2) is 34.0 Å². The molecule has 4 rings (SSSR count). The summed E-state index contributed by atoms with van der Waals surface area (Å²) in [5, 5.41) is 22.1. The van der Waals surface area contributed by atoms with Gasteiger partial charge in [0.25, 0.3) is 0 Å². The van der Waals surface area contributed by atoms with Gasteiger partial charge in [0, 0.05) is 17.9 Å². The van der Waals surface area contributed by atoms with Gasteiger partial charge in [-0.3, -0.25) is 14.9 Å². The number of phenols is 1. The maximum Gasteiger partial charge on any atom is 0.244 e. The number of likely N-dealkylation sites (tertiary alicyclic amines) is 1. The second-order valence-electron chi connectivity index (χ2n) is 7.90. The molecule has 1 aliphatic heterocycles. The minimum Gasteiger partial charge on any atom is -0.508 e. The van der Waals surface area contributed by atoms with Crippen molar-refractivity contribution in [1.29, 1.82) is 0 Å². The van der Waals surface area contributed by atoms with Gasteiger partial charge >= 0.3 is 0 Å². The van der Waals surface area contributed by atoms with E-state index >= 15 is 0 Å². The number of nitro groups is 1. The van der Waals surface area contributed by atoms with Crippen LogP contribution in [0.1, 0.15) is 35.1 Å². The molecule has 1 aliphatic rings. The summed E-state index contributed by atoms with van der Waals surface area (Å²) in [5.41, 5.74) is 2.24. The number of carbonyl (C=O) groups is 1. The molecule has 32 heavy (non-hydrogen) atoms. The lowest BCUT2D eigenvalue weighted by molar-refractivity contribution is -0.537. The lowest BCUT2D eigenvalue weighted by atomic mass is 9.78. The minimum atomic E-state index is -1.03. The first-order chi connectivity index (χ1) is 15.5. The fourth-order valence-corrected chi connectivity index (χ4v) is 4.43. The summed E-state index contributed by atoms with van der Waals surface area (Å²) in [4.78, 5) is 27.0. The number of benzene rings is 3. The molecular formula is C25H24N2O5. The Morgan fingerprint density at radius 3 is 2.25 bits per heavy atom. The van der Waals surface area contributed by atoms with Crippen LogP contribution in [0.5, 0.6) is 11.5 Å². The Balaban J connectivity index is 1.77.